The highest BCUT2D eigenvalue weighted by Crippen LogP contribution is 2.42. The van der Waals surface area contributed by atoms with Gasteiger partial charge < -0.3 is 19.5 Å². The summed E-state index contributed by atoms with van der Waals surface area (Å²) in [6, 6.07) is 5.83. The summed E-state index contributed by atoms with van der Waals surface area (Å²) in [4.78, 5) is 32.6. The molecule has 0 aliphatic carbocycles. The number of carbonyl (C=O) groups excluding carboxylic acids is 2. The number of hydrogen-bond donors (Lipinski definition) is 1. The molecule has 1 saturated heterocycles. The second kappa shape index (κ2) is 5.37. The van der Waals surface area contributed by atoms with E-state index in [9.17, 15) is 9.59 Å². The summed E-state index contributed by atoms with van der Waals surface area (Å²) in [5.74, 6) is 0.693. The highest BCUT2D eigenvalue weighted by Gasteiger charge is 2.53. The Morgan fingerprint density at radius 2 is 2.20 bits per heavy atom. The molecule has 2 aliphatic heterocycles. The average molecular weight is 339 g/mol. The first-order chi connectivity index (χ1) is 12.0. The van der Waals surface area contributed by atoms with Crippen LogP contribution in [-0.4, -0.2) is 53.3 Å². The number of methoxy groups -OCH3 is 1. The number of aromatic amines is 1. The number of fused-ring (bicyclic) bond motifs is 5. The highest BCUT2D eigenvalue weighted by molar-refractivity contribution is 6.00. The molecule has 1 atom stereocenters. The van der Waals surface area contributed by atoms with E-state index >= 15 is 0 Å². The zero-order chi connectivity index (χ0) is 17.8. The van der Waals surface area contributed by atoms with Crippen molar-refractivity contribution in [3.8, 4) is 5.75 Å². The van der Waals surface area contributed by atoms with Crippen molar-refractivity contribution < 1.29 is 14.3 Å². The third kappa shape index (κ3) is 2.03. The minimum absolute atomic E-state index is 0.0224. The topological polar surface area (TPSA) is 65.6 Å². The average Bonchev–Trinajstić information content (AvgIpc) is 2.99. The molecule has 6 nitrogen and oxygen atoms in total. The van der Waals surface area contributed by atoms with E-state index in [-0.39, 0.29) is 18.4 Å². The summed E-state index contributed by atoms with van der Waals surface area (Å²) in [5, 5.41) is 1.05. The van der Waals surface area contributed by atoms with Crippen molar-refractivity contribution in [3.05, 3.63) is 42.1 Å². The van der Waals surface area contributed by atoms with E-state index in [0.29, 0.717) is 13.1 Å². The van der Waals surface area contributed by atoms with Crippen LogP contribution in [0, 0.1) is 0 Å². The fourth-order valence-corrected chi connectivity index (χ4v) is 4.14. The van der Waals surface area contributed by atoms with E-state index in [1.165, 1.54) is 0 Å². The number of aromatic nitrogens is 1. The van der Waals surface area contributed by atoms with Crippen LogP contribution in [-0.2, 0) is 21.5 Å². The van der Waals surface area contributed by atoms with E-state index in [0.717, 1.165) is 34.3 Å². The molecule has 0 bridgehead atoms. The van der Waals surface area contributed by atoms with Crippen LogP contribution in [0.5, 0.6) is 5.75 Å². The van der Waals surface area contributed by atoms with Crippen molar-refractivity contribution in [2.24, 2.45) is 0 Å². The molecule has 2 aromatic rings. The Morgan fingerprint density at radius 3 is 2.92 bits per heavy atom. The van der Waals surface area contributed by atoms with Crippen molar-refractivity contribution in [2.75, 3.05) is 26.7 Å². The first-order valence-corrected chi connectivity index (χ1v) is 8.40. The van der Waals surface area contributed by atoms with Crippen molar-refractivity contribution in [2.45, 2.75) is 18.9 Å². The van der Waals surface area contributed by atoms with Crippen LogP contribution < -0.4 is 4.74 Å². The van der Waals surface area contributed by atoms with Gasteiger partial charge in [0.1, 0.15) is 12.3 Å². The van der Waals surface area contributed by atoms with E-state index in [4.69, 9.17) is 4.74 Å². The van der Waals surface area contributed by atoms with Gasteiger partial charge in [-0.2, -0.15) is 0 Å². The molecule has 4 rings (SSSR count). The molecule has 3 heterocycles. The van der Waals surface area contributed by atoms with Crippen LogP contribution in [0.4, 0.5) is 0 Å². The van der Waals surface area contributed by atoms with Gasteiger partial charge in [0.05, 0.1) is 12.8 Å². The molecule has 0 unspecified atom stereocenters. The molecule has 0 radical (unpaired) electrons. The lowest BCUT2D eigenvalue weighted by Gasteiger charge is -2.49. The van der Waals surface area contributed by atoms with Crippen molar-refractivity contribution >= 4 is 22.7 Å². The molecular weight excluding hydrogens is 318 g/mol. The molecule has 130 valence electrons. The van der Waals surface area contributed by atoms with Gasteiger partial charge in [0, 0.05) is 24.0 Å². The molecule has 1 N–H and O–H groups in total. The lowest BCUT2D eigenvalue weighted by atomic mass is 9.83. The lowest BCUT2D eigenvalue weighted by molar-refractivity contribution is -0.165. The molecule has 1 aromatic heterocycles. The Morgan fingerprint density at radius 1 is 1.40 bits per heavy atom. The van der Waals surface area contributed by atoms with Crippen molar-refractivity contribution in [1.29, 1.82) is 0 Å². The van der Waals surface area contributed by atoms with Gasteiger partial charge in [-0.1, -0.05) is 6.08 Å². The van der Waals surface area contributed by atoms with Crippen LogP contribution in [0.15, 0.2) is 30.9 Å². The Balaban J connectivity index is 1.91. The first-order valence-electron chi connectivity index (χ1n) is 8.40. The monoisotopic (exact) mass is 339 g/mol. The fraction of sp³-hybridized carbons (Fsp3) is 0.368. The van der Waals surface area contributed by atoms with Crippen molar-refractivity contribution in [3.63, 3.8) is 0 Å². The number of benzene rings is 1. The normalized spacial score (nSPS) is 22.8. The molecule has 6 heteroatoms. The maximum atomic E-state index is 13.2. The number of H-pyrrole nitrogens is 1. The fourth-order valence-electron chi connectivity index (χ4n) is 4.14. The molecule has 0 saturated carbocycles. The van der Waals surface area contributed by atoms with Crippen LogP contribution in [0.25, 0.3) is 10.9 Å². The Hall–Kier alpha value is -2.76. The third-order valence-corrected chi connectivity index (χ3v) is 5.41. The summed E-state index contributed by atoms with van der Waals surface area (Å²) >= 11 is 0. The zero-order valence-electron chi connectivity index (χ0n) is 14.5. The Bertz CT molecular complexity index is 901. The van der Waals surface area contributed by atoms with Gasteiger partial charge in [0.15, 0.2) is 5.54 Å². The maximum absolute atomic E-state index is 13.2. The number of carbonyl (C=O) groups is 2. The third-order valence-electron chi connectivity index (χ3n) is 5.41. The number of ether oxygens (including phenoxy) is 1. The molecule has 25 heavy (non-hydrogen) atoms. The smallest absolute Gasteiger partial charge is 0.255 e. The van der Waals surface area contributed by atoms with E-state index in [1.807, 2.05) is 25.1 Å². The standard InChI is InChI=1S/C19H21N3O3/c1-4-8-21-11-16(23)22-9-7-13-14-10-12(25-3)5-6-15(14)20-17(13)19(22,2)18(21)24/h4-6,10,20H,1,7-9,11H2,2-3H3/t19-/m1/s1. The predicted octanol–water partition coefficient (Wildman–Crippen LogP) is 1.80. The number of nitrogens with one attached hydrogen (secondary N) is 1. The zero-order valence-corrected chi connectivity index (χ0v) is 14.5. The van der Waals surface area contributed by atoms with Gasteiger partial charge in [-0.05, 0) is 37.1 Å². The molecule has 2 aliphatic rings. The minimum Gasteiger partial charge on any atom is -0.497 e. The Kier molecular flexibility index (Phi) is 3.39. The van der Waals surface area contributed by atoms with Crippen molar-refractivity contribution in [1.82, 2.24) is 14.8 Å². The van der Waals surface area contributed by atoms with E-state index in [1.54, 1.807) is 23.0 Å². The van der Waals surface area contributed by atoms with Gasteiger partial charge in [0.2, 0.25) is 5.91 Å². The molecule has 0 spiro atoms. The highest BCUT2D eigenvalue weighted by atomic mass is 16.5. The quantitative estimate of drug-likeness (QED) is 0.867. The predicted molar refractivity (Wildman–Crippen MR) is 94.4 cm³/mol. The first kappa shape index (κ1) is 15.7. The molecule has 1 fully saturated rings. The molecule has 2 amide bonds. The van der Waals surface area contributed by atoms with Gasteiger partial charge in [-0.15, -0.1) is 6.58 Å². The number of piperazine rings is 1. The van der Waals surface area contributed by atoms with Crippen LogP contribution in [0.3, 0.4) is 0 Å². The van der Waals surface area contributed by atoms with Crippen LogP contribution >= 0.6 is 0 Å². The number of hydrogen-bond acceptors (Lipinski definition) is 3. The summed E-state index contributed by atoms with van der Waals surface area (Å²) in [7, 11) is 1.64. The van der Waals surface area contributed by atoms with Crippen LogP contribution in [0.1, 0.15) is 18.2 Å². The summed E-state index contributed by atoms with van der Waals surface area (Å²) in [6.45, 7) is 6.57. The largest absolute Gasteiger partial charge is 0.497 e. The van der Waals surface area contributed by atoms with Gasteiger partial charge >= 0.3 is 0 Å². The van der Waals surface area contributed by atoms with E-state index < -0.39 is 5.54 Å². The maximum Gasteiger partial charge on any atom is 0.255 e. The SMILES string of the molecule is C=CCN1CC(=O)N2CCc3c([nH]c4ccc(OC)cc34)[C@]2(C)C1=O. The van der Waals surface area contributed by atoms with Gasteiger partial charge in [-0.3, -0.25) is 9.59 Å². The lowest BCUT2D eigenvalue weighted by Crippen LogP contribution is -2.66. The summed E-state index contributed by atoms with van der Waals surface area (Å²) in [5.41, 5.74) is 1.86. The number of nitrogens with zero attached hydrogens (tertiary/aromatic N) is 2. The van der Waals surface area contributed by atoms with Crippen LogP contribution in [0.2, 0.25) is 0 Å². The van der Waals surface area contributed by atoms with E-state index in [2.05, 4.69) is 11.6 Å². The minimum atomic E-state index is -1.00. The Labute approximate surface area is 146 Å². The molecular formula is C19H21N3O3. The number of amides is 2. The second-order valence-electron chi connectivity index (χ2n) is 6.73. The summed E-state index contributed by atoms with van der Waals surface area (Å²) in [6.07, 6.45) is 2.38. The van der Waals surface area contributed by atoms with Gasteiger partial charge in [-0.25, -0.2) is 0 Å². The number of rotatable bonds is 3. The van der Waals surface area contributed by atoms with Gasteiger partial charge in [0.25, 0.3) is 5.91 Å². The summed E-state index contributed by atoms with van der Waals surface area (Å²) < 4.78 is 5.34. The molecule has 1 aromatic carbocycles. The second-order valence-corrected chi connectivity index (χ2v) is 6.73.